The molecule has 0 atom stereocenters. The zero-order valence-corrected chi connectivity index (χ0v) is 15.7. The fraction of sp³-hybridized carbons (Fsp3) is 0. The normalized spacial score (nSPS) is 15.9. The van der Waals surface area contributed by atoms with Crippen LogP contribution in [0, 0.1) is 35.8 Å². The first-order valence-electron chi connectivity index (χ1n) is 8.12. The highest BCUT2D eigenvalue weighted by Crippen LogP contribution is 2.55. The van der Waals surface area contributed by atoms with Crippen molar-refractivity contribution < 1.29 is 0 Å². The maximum atomic E-state index is 9.48. The molecule has 0 aliphatic heterocycles. The minimum Gasteiger partial charge on any atom is -0.226 e. The molecule has 0 saturated heterocycles. The second kappa shape index (κ2) is 5.78. The third kappa shape index (κ3) is 1.88. The van der Waals surface area contributed by atoms with Crippen molar-refractivity contribution in [3.63, 3.8) is 0 Å². The molecule has 5 rings (SSSR count). The number of benzene rings is 1. The summed E-state index contributed by atoms with van der Waals surface area (Å²) >= 11 is 3.13. The molecule has 2 aliphatic rings. The number of thiophene rings is 2. The van der Waals surface area contributed by atoms with E-state index in [-0.39, 0.29) is 11.4 Å². The molecule has 0 unspecified atom stereocenters. The van der Waals surface area contributed by atoms with Gasteiger partial charge in [0.25, 0.3) is 11.4 Å². The van der Waals surface area contributed by atoms with Crippen molar-refractivity contribution in [1.82, 2.24) is 0 Å². The topological polar surface area (TPSA) is 56.3 Å². The number of nitriles is 2. The smallest absolute Gasteiger partial charge is 0.226 e. The minimum atomic E-state index is 0.0809. The van der Waals surface area contributed by atoms with Gasteiger partial charge in [0, 0.05) is 20.9 Å². The molecule has 0 bridgehead atoms. The molecule has 0 radical (unpaired) electrons. The standard InChI is InChI=1S/C22H6N4S2/c1-25-17(9-23)19-11-3-5-27-21(11)15-8-14-16(7-13(15)19)22-12(4-6-28-22)20(14)18(10-24)26-2/h3-8H/b19-17-,20-18+. The summed E-state index contributed by atoms with van der Waals surface area (Å²) < 4.78 is 0. The Balaban J connectivity index is 1.93. The Kier molecular flexibility index (Phi) is 3.35. The Bertz CT molecular complexity index is 1310. The maximum absolute atomic E-state index is 9.48. The zero-order chi connectivity index (χ0) is 19.4. The van der Waals surface area contributed by atoms with Gasteiger partial charge < -0.3 is 0 Å². The molecule has 3 aromatic rings. The Morgan fingerprint density at radius 2 is 1.14 bits per heavy atom. The minimum absolute atomic E-state index is 0.0809. The van der Waals surface area contributed by atoms with Crippen molar-refractivity contribution in [2.45, 2.75) is 0 Å². The Morgan fingerprint density at radius 1 is 0.714 bits per heavy atom. The van der Waals surface area contributed by atoms with Crippen molar-refractivity contribution in [3.8, 4) is 33.0 Å². The van der Waals surface area contributed by atoms with Crippen molar-refractivity contribution in [2.75, 3.05) is 0 Å². The molecule has 0 N–H and O–H groups in total. The molecule has 126 valence electrons. The van der Waals surface area contributed by atoms with Gasteiger partial charge in [-0.15, -0.1) is 22.7 Å². The lowest BCUT2D eigenvalue weighted by atomic mass is 9.96. The van der Waals surface area contributed by atoms with Gasteiger partial charge in [0.1, 0.15) is 0 Å². The molecule has 1 aromatic carbocycles. The molecular weight excluding hydrogens is 384 g/mol. The van der Waals surface area contributed by atoms with Crippen LogP contribution in [-0.4, -0.2) is 0 Å². The fourth-order valence-corrected chi connectivity index (χ4v) is 5.76. The van der Waals surface area contributed by atoms with Crippen LogP contribution < -0.4 is 0 Å². The van der Waals surface area contributed by atoms with E-state index in [1.54, 1.807) is 22.7 Å². The molecular formula is C22H6N4S2. The van der Waals surface area contributed by atoms with Crippen LogP contribution in [0.3, 0.4) is 0 Å². The highest BCUT2D eigenvalue weighted by molar-refractivity contribution is 7.14. The number of fused-ring (bicyclic) bond motifs is 6. The molecule has 2 heterocycles. The van der Waals surface area contributed by atoms with Crippen LogP contribution in [0.25, 0.3) is 41.7 Å². The molecule has 28 heavy (non-hydrogen) atoms. The summed E-state index contributed by atoms with van der Waals surface area (Å²) in [6, 6.07) is 12.0. The van der Waals surface area contributed by atoms with Crippen LogP contribution in [0.4, 0.5) is 0 Å². The van der Waals surface area contributed by atoms with Crippen LogP contribution in [0.2, 0.25) is 0 Å². The van der Waals surface area contributed by atoms with E-state index in [4.69, 9.17) is 13.1 Å². The average molecular weight is 390 g/mol. The van der Waals surface area contributed by atoms with Crippen LogP contribution >= 0.6 is 22.7 Å². The van der Waals surface area contributed by atoms with Crippen LogP contribution in [0.5, 0.6) is 0 Å². The molecule has 2 aromatic heterocycles. The van der Waals surface area contributed by atoms with Crippen LogP contribution in [0.1, 0.15) is 22.3 Å². The van der Waals surface area contributed by atoms with Crippen molar-refractivity contribution in [1.29, 1.82) is 10.5 Å². The predicted molar refractivity (Wildman–Crippen MR) is 110 cm³/mol. The molecule has 0 amide bonds. The van der Waals surface area contributed by atoms with Gasteiger partial charge in [-0.2, -0.15) is 0 Å². The second-order valence-electron chi connectivity index (χ2n) is 6.16. The lowest BCUT2D eigenvalue weighted by molar-refractivity contribution is 1.49. The Morgan fingerprint density at radius 3 is 1.50 bits per heavy atom. The third-order valence-corrected chi connectivity index (χ3v) is 6.86. The summed E-state index contributed by atoms with van der Waals surface area (Å²) in [5.41, 5.74) is 6.95. The summed E-state index contributed by atoms with van der Waals surface area (Å²) in [6.07, 6.45) is 0. The summed E-state index contributed by atoms with van der Waals surface area (Å²) in [5, 5.41) is 22.9. The molecule has 0 fully saturated rings. The van der Waals surface area contributed by atoms with Crippen LogP contribution in [-0.2, 0) is 0 Å². The second-order valence-corrected chi connectivity index (χ2v) is 8.00. The Labute approximate surface area is 168 Å². The average Bonchev–Trinajstić information content (AvgIpc) is 3.46. The van der Waals surface area contributed by atoms with Gasteiger partial charge in [0.05, 0.1) is 25.3 Å². The molecule has 6 heteroatoms. The van der Waals surface area contributed by atoms with Crippen LogP contribution in [0.15, 0.2) is 46.4 Å². The molecule has 0 spiro atoms. The zero-order valence-electron chi connectivity index (χ0n) is 14.1. The molecule has 0 saturated carbocycles. The molecule has 2 aliphatic carbocycles. The number of hydrogen-bond acceptors (Lipinski definition) is 4. The number of nitrogens with zero attached hydrogens (tertiary/aromatic N) is 4. The van der Waals surface area contributed by atoms with Crippen molar-refractivity contribution >= 4 is 33.8 Å². The quantitative estimate of drug-likeness (QED) is 0.234. The lowest BCUT2D eigenvalue weighted by Crippen LogP contribution is -1.90. The number of allylic oxidation sites excluding steroid dienone is 2. The predicted octanol–water partition coefficient (Wildman–Crippen LogP) is 6.17. The first-order chi connectivity index (χ1) is 13.7. The van der Waals surface area contributed by atoms with E-state index in [2.05, 4.69) is 9.69 Å². The maximum Gasteiger partial charge on any atom is 0.270 e. The summed E-state index contributed by atoms with van der Waals surface area (Å²) in [6.45, 7) is 14.8. The summed E-state index contributed by atoms with van der Waals surface area (Å²) in [7, 11) is 0. The highest BCUT2D eigenvalue weighted by atomic mass is 32.1. The number of hydrogen-bond donors (Lipinski definition) is 0. The van der Waals surface area contributed by atoms with E-state index in [1.165, 1.54) is 0 Å². The van der Waals surface area contributed by atoms with Gasteiger partial charge in [0.2, 0.25) is 0 Å². The van der Waals surface area contributed by atoms with Gasteiger partial charge in [-0.05, 0) is 68.4 Å². The first-order valence-corrected chi connectivity index (χ1v) is 9.88. The van der Waals surface area contributed by atoms with E-state index < -0.39 is 0 Å². The van der Waals surface area contributed by atoms with Gasteiger partial charge >= 0.3 is 0 Å². The largest absolute Gasteiger partial charge is 0.270 e. The van der Waals surface area contributed by atoms with E-state index in [0.717, 1.165) is 43.1 Å². The summed E-state index contributed by atoms with van der Waals surface area (Å²) in [4.78, 5) is 8.92. The fourth-order valence-electron chi connectivity index (χ4n) is 3.89. The van der Waals surface area contributed by atoms with E-state index in [1.807, 2.05) is 47.2 Å². The number of rotatable bonds is 0. The van der Waals surface area contributed by atoms with E-state index in [0.29, 0.717) is 11.1 Å². The van der Waals surface area contributed by atoms with E-state index >= 15 is 0 Å². The third-order valence-electron chi connectivity index (χ3n) is 4.96. The van der Waals surface area contributed by atoms with Crippen molar-refractivity contribution in [3.05, 3.63) is 91.5 Å². The van der Waals surface area contributed by atoms with Gasteiger partial charge in [0.15, 0.2) is 0 Å². The van der Waals surface area contributed by atoms with Gasteiger partial charge in [-0.25, -0.2) is 20.2 Å². The van der Waals surface area contributed by atoms with Gasteiger partial charge in [-0.3, -0.25) is 0 Å². The monoisotopic (exact) mass is 390 g/mol. The first kappa shape index (κ1) is 16.2. The van der Waals surface area contributed by atoms with Gasteiger partial charge in [-0.1, -0.05) is 0 Å². The molecule has 4 nitrogen and oxygen atoms in total. The highest BCUT2D eigenvalue weighted by Gasteiger charge is 2.34. The Hall–Kier alpha value is -3.94. The lowest BCUT2D eigenvalue weighted by Gasteiger charge is -2.09. The summed E-state index contributed by atoms with van der Waals surface area (Å²) in [5.74, 6) is 0. The van der Waals surface area contributed by atoms with E-state index in [9.17, 15) is 10.5 Å². The van der Waals surface area contributed by atoms with Crippen molar-refractivity contribution in [2.24, 2.45) is 0 Å². The SMILES string of the molecule is [C-]#[N+]/C(C#N)=C1/c2cc3c(cc2-c2sccc21)/C(=C(/C#N)[N+]#[C-])c1ccsc1-3.